The molecule has 1 aliphatic rings. The summed E-state index contributed by atoms with van der Waals surface area (Å²) in [6.45, 7) is 5.88. The van der Waals surface area contributed by atoms with Crippen LogP contribution in [-0.4, -0.2) is 28.9 Å². The quantitative estimate of drug-likeness (QED) is 0.697. The van der Waals surface area contributed by atoms with Crippen molar-refractivity contribution in [3.05, 3.63) is 65.2 Å². The van der Waals surface area contributed by atoms with Crippen LogP contribution in [0.15, 0.2) is 48.5 Å². The van der Waals surface area contributed by atoms with E-state index in [2.05, 4.69) is 31.3 Å². The molecule has 4 heteroatoms. The number of aryl methyl sites for hydroxylation is 2. The molecule has 0 unspecified atom stereocenters. The fourth-order valence-corrected chi connectivity index (χ4v) is 3.65. The second-order valence-electron chi connectivity index (χ2n) is 7.35. The highest BCUT2D eigenvalue weighted by Crippen LogP contribution is 2.26. The van der Waals surface area contributed by atoms with Crippen molar-refractivity contribution >= 4 is 28.3 Å². The van der Waals surface area contributed by atoms with Gasteiger partial charge in [-0.1, -0.05) is 24.3 Å². The number of fused-ring (bicyclic) bond motifs is 1. The van der Waals surface area contributed by atoms with E-state index in [-0.39, 0.29) is 5.91 Å². The van der Waals surface area contributed by atoms with Gasteiger partial charge in [0, 0.05) is 24.2 Å². The molecule has 0 atom stereocenters. The number of anilines is 2. The highest BCUT2D eigenvalue weighted by atomic mass is 16.2. The van der Waals surface area contributed by atoms with Gasteiger partial charge in [-0.3, -0.25) is 4.79 Å². The third-order valence-corrected chi connectivity index (χ3v) is 5.37. The lowest BCUT2D eigenvalue weighted by Crippen LogP contribution is -2.35. The summed E-state index contributed by atoms with van der Waals surface area (Å²) in [5.41, 5.74) is 5.04. The number of para-hydroxylation sites is 1. The predicted octanol–water partition coefficient (Wildman–Crippen LogP) is 5.22. The molecular formula is C23H25N3O. The van der Waals surface area contributed by atoms with Crippen molar-refractivity contribution in [2.75, 3.05) is 18.4 Å². The fraction of sp³-hybridized carbons (Fsp3) is 0.304. The number of benzene rings is 2. The maximum atomic E-state index is 13.2. The third kappa shape index (κ3) is 3.65. The van der Waals surface area contributed by atoms with E-state index < -0.39 is 0 Å². The molecule has 27 heavy (non-hydrogen) atoms. The van der Waals surface area contributed by atoms with Crippen molar-refractivity contribution in [3.8, 4) is 0 Å². The Morgan fingerprint density at radius 1 is 0.963 bits per heavy atom. The first-order valence-electron chi connectivity index (χ1n) is 9.65. The number of amides is 1. The van der Waals surface area contributed by atoms with E-state index >= 15 is 0 Å². The monoisotopic (exact) mass is 359 g/mol. The number of hydrogen-bond acceptors (Lipinski definition) is 3. The molecule has 138 valence electrons. The van der Waals surface area contributed by atoms with E-state index in [1.807, 2.05) is 41.3 Å². The molecule has 2 aromatic carbocycles. The number of aromatic nitrogens is 1. The number of carbonyl (C=O) groups excluding carboxylic acids is 1. The molecular weight excluding hydrogens is 334 g/mol. The van der Waals surface area contributed by atoms with Crippen LogP contribution in [0.1, 0.15) is 40.7 Å². The summed E-state index contributed by atoms with van der Waals surface area (Å²) in [6.07, 6.45) is 3.38. The van der Waals surface area contributed by atoms with Crippen LogP contribution >= 0.6 is 0 Å². The minimum absolute atomic E-state index is 0.108. The van der Waals surface area contributed by atoms with Gasteiger partial charge in [0.25, 0.3) is 5.91 Å². The lowest BCUT2D eigenvalue weighted by molar-refractivity contribution is 0.0726. The zero-order valence-electron chi connectivity index (χ0n) is 16.0. The van der Waals surface area contributed by atoms with Gasteiger partial charge in [-0.2, -0.15) is 0 Å². The van der Waals surface area contributed by atoms with E-state index in [4.69, 9.17) is 4.98 Å². The summed E-state index contributed by atoms with van der Waals surface area (Å²) >= 11 is 0. The molecule has 1 saturated heterocycles. The first kappa shape index (κ1) is 17.5. The topological polar surface area (TPSA) is 45.2 Å². The number of piperidine rings is 1. The van der Waals surface area contributed by atoms with Crippen molar-refractivity contribution in [2.24, 2.45) is 0 Å². The maximum absolute atomic E-state index is 13.2. The van der Waals surface area contributed by atoms with Crippen molar-refractivity contribution in [2.45, 2.75) is 33.1 Å². The minimum atomic E-state index is 0.108. The zero-order chi connectivity index (χ0) is 18.8. The molecule has 1 aromatic heterocycles. The van der Waals surface area contributed by atoms with Gasteiger partial charge < -0.3 is 10.2 Å². The number of nitrogens with zero attached hydrogens (tertiary/aromatic N) is 2. The summed E-state index contributed by atoms with van der Waals surface area (Å²) in [4.78, 5) is 19.9. The molecule has 4 rings (SSSR count). The average Bonchev–Trinajstić information content (AvgIpc) is 2.70. The van der Waals surface area contributed by atoms with Gasteiger partial charge in [-0.25, -0.2) is 4.98 Å². The molecule has 3 aromatic rings. The third-order valence-electron chi connectivity index (χ3n) is 5.37. The molecule has 1 aliphatic heterocycles. The number of carbonyl (C=O) groups is 1. The number of nitrogens with one attached hydrogen (secondary N) is 1. The van der Waals surface area contributed by atoms with E-state index in [0.717, 1.165) is 48.1 Å². The van der Waals surface area contributed by atoms with Gasteiger partial charge in [-0.05, 0) is 68.5 Å². The Hall–Kier alpha value is -2.88. The van der Waals surface area contributed by atoms with Crippen LogP contribution in [0.25, 0.3) is 10.9 Å². The van der Waals surface area contributed by atoms with Crippen molar-refractivity contribution < 1.29 is 4.79 Å². The van der Waals surface area contributed by atoms with Crippen LogP contribution in [0.4, 0.5) is 11.5 Å². The second kappa shape index (κ2) is 7.39. The van der Waals surface area contributed by atoms with Crippen LogP contribution in [-0.2, 0) is 0 Å². The standard InChI is InChI=1S/C23H25N3O/c1-16-10-11-18(14-17(16)2)24-22-15-20(19-8-4-5-9-21(19)25-22)23(27)26-12-6-3-7-13-26/h4-5,8-11,14-15H,3,6-7,12-13H2,1-2H3,(H,24,25). The molecule has 0 aliphatic carbocycles. The SMILES string of the molecule is Cc1ccc(Nc2cc(C(=O)N3CCCCC3)c3ccccc3n2)cc1C. The first-order valence-corrected chi connectivity index (χ1v) is 9.65. The van der Waals surface area contributed by atoms with Crippen LogP contribution in [0.5, 0.6) is 0 Å². The molecule has 0 spiro atoms. The summed E-state index contributed by atoms with van der Waals surface area (Å²) in [5.74, 6) is 0.814. The van der Waals surface area contributed by atoms with Crippen molar-refractivity contribution in [1.29, 1.82) is 0 Å². The molecule has 0 bridgehead atoms. The number of hydrogen-bond donors (Lipinski definition) is 1. The molecule has 2 heterocycles. The highest BCUT2D eigenvalue weighted by Gasteiger charge is 2.21. The van der Waals surface area contributed by atoms with E-state index in [0.29, 0.717) is 5.82 Å². The van der Waals surface area contributed by atoms with Gasteiger partial charge in [-0.15, -0.1) is 0 Å². The van der Waals surface area contributed by atoms with Crippen LogP contribution in [0.3, 0.4) is 0 Å². The van der Waals surface area contributed by atoms with Crippen molar-refractivity contribution in [1.82, 2.24) is 9.88 Å². The van der Waals surface area contributed by atoms with Crippen molar-refractivity contribution in [3.63, 3.8) is 0 Å². The Morgan fingerprint density at radius 2 is 1.74 bits per heavy atom. The largest absolute Gasteiger partial charge is 0.340 e. The molecule has 4 nitrogen and oxygen atoms in total. The molecule has 1 fully saturated rings. The Labute approximate surface area is 160 Å². The Bertz CT molecular complexity index is 990. The van der Waals surface area contributed by atoms with E-state index in [9.17, 15) is 4.79 Å². The summed E-state index contributed by atoms with van der Waals surface area (Å²) < 4.78 is 0. The van der Waals surface area contributed by atoms with Gasteiger partial charge >= 0.3 is 0 Å². The van der Waals surface area contributed by atoms with E-state index in [1.165, 1.54) is 17.5 Å². The zero-order valence-corrected chi connectivity index (χ0v) is 16.0. The van der Waals surface area contributed by atoms with Gasteiger partial charge in [0.1, 0.15) is 5.82 Å². The minimum Gasteiger partial charge on any atom is -0.340 e. The van der Waals surface area contributed by atoms with Crippen LogP contribution in [0, 0.1) is 13.8 Å². The average molecular weight is 359 g/mol. The Balaban J connectivity index is 1.73. The number of likely N-dealkylation sites (tertiary alicyclic amines) is 1. The van der Waals surface area contributed by atoms with Gasteiger partial charge in [0.05, 0.1) is 11.1 Å². The second-order valence-corrected chi connectivity index (χ2v) is 7.35. The molecule has 0 radical (unpaired) electrons. The highest BCUT2D eigenvalue weighted by molar-refractivity contribution is 6.07. The summed E-state index contributed by atoms with van der Waals surface area (Å²) in [6, 6.07) is 16.0. The molecule has 1 N–H and O–H groups in total. The van der Waals surface area contributed by atoms with E-state index in [1.54, 1.807) is 0 Å². The molecule has 1 amide bonds. The summed E-state index contributed by atoms with van der Waals surface area (Å²) in [5, 5.41) is 4.30. The van der Waals surface area contributed by atoms with Crippen LogP contribution in [0.2, 0.25) is 0 Å². The Kier molecular flexibility index (Phi) is 4.80. The summed E-state index contributed by atoms with van der Waals surface area (Å²) in [7, 11) is 0. The Morgan fingerprint density at radius 3 is 2.52 bits per heavy atom. The normalized spacial score (nSPS) is 14.4. The number of rotatable bonds is 3. The molecule has 0 saturated carbocycles. The number of pyridine rings is 1. The van der Waals surface area contributed by atoms with Gasteiger partial charge in [0.15, 0.2) is 0 Å². The van der Waals surface area contributed by atoms with Crippen LogP contribution < -0.4 is 5.32 Å². The maximum Gasteiger partial charge on any atom is 0.254 e. The lowest BCUT2D eigenvalue weighted by Gasteiger charge is -2.27. The lowest BCUT2D eigenvalue weighted by atomic mass is 10.0. The van der Waals surface area contributed by atoms with Gasteiger partial charge in [0.2, 0.25) is 0 Å². The fourth-order valence-electron chi connectivity index (χ4n) is 3.65. The smallest absolute Gasteiger partial charge is 0.254 e. The first-order chi connectivity index (χ1) is 13.1. The predicted molar refractivity (Wildman–Crippen MR) is 111 cm³/mol.